The molecule has 2 rings (SSSR count). The van der Waals surface area contributed by atoms with Crippen LogP contribution >= 0.6 is 0 Å². The highest BCUT2D eigenvalue weighted by Gasteiger charge is 2.37. The van der Waals surface area contributed by atoms with Gasteiger partial charge in [0, 0.05) is 17.8 Å². The van der Waals surface area contributed by atoms with Crippen molar-refractivity contribution < 1.29 is 31.1 Å². The van der Waals surface area contributed by atoms with Gasteiger partial charge in [0.15, 0.2) is 0 Å². The van der Waals surface area contributed by atoms with Crippen LogP contribution < -0.4 is 4.74 Å². The van der Waals surface area contributed by atoms with Crippen LogP contribution in [0, 0.1) is 0 Å². The second-order valence-electron chi connectivity index (χ2n) is 4.38. The lowest BCUT2D eigenvalue weighted by Gasteiger charge is -2.14. The van der Waals surface area contributed by atoms with Crippen LogP contribution in [0.15, 0.2) is 36.5 Å². The molecule has 1 aromatic heterocycles. The summed E-state index contributed by atoms with van der Waals surface area (Å²) in [5.41, 5.74) is -3.11. The number of methoxy groups -OCH3 is 1. The predicted octanol–water partition coefficient (Wildman–Crippen LogP) is 4.79. The van der Waals surface area contributed by atoms with Crippen molar-refractivity contribution in [3.63, 3.8) is 0 Å². The third-order valence-electron chi connectivity index (χ3n) is 2.85. The van der Waals surface area contributed by atoms with Gasteiger partial charge in [0.1, 0.15) is 5.75 Å². The minimum atomic E-state index is -4.89. The average Bonchev–Trinajstić information content (AvgIpc) is 2.45. The highest BCUT2D eigenvalue weighted by Crippen LogP contribution is 2.38. The summed E-state index contributed by atoms with van der Waals surface area (Å²) in [5.74, 6) is 0.274. The van der Waals surface area contributed by atoms with Crippen molar-refractivity contribution in [3.05, 3.63) is 47.7 Å². The average molecular weight is 321 g/mol. The Bertz CT molecular complexity index is 646. The first-order valence-corrected chi connectivity index (χ1v) is 5.91. The fourth-order valence-electron chi connectivity index (χ4n) is 1.80. The lowest BCUT2D eigenvalue weighted by atomic mass is 10.0. The summed E-state index contributed by atoms with van der Waals surface area (Å²) in [5, 5.41) is 0. The molecule has 1 heterocycles. The Morgan fingerprint density at radius 3 is 1.86 bits per heavy atom. The Balaban J connectivity index is 2.64. The number of nitrogens with zero attached hydrogens (tertiary/aromatic N) is 1. The monoisotopic (exact) mass is 321 g/mol. The number of rotatable bonds is 2. The van der Waals surface area contributed by atoms with E-state index in [1.165, 1.54) is 25.4 Å². The zero-order valence-electron chi connectivity index (χ0n) is 11.1. The number of alkyl halides is 6. The summed E-state index contributed by atoms with van der Waals surface area (Å²) in [6.07, 6.45) is -8.55. The minimum absolute atomic E-state index is 0.0454. The maximum atomic E-state index is 12.8. The summed E-state index contributed by atoms with van der Waals surface area (Å²) in [7, 11) is 1.33. The molecule has 0 saturated carbocycles. The number of ether oxygens (including phenoxy) is 1. The van der Waals surface area contributed by atoms with Crippen LogP contribution in [-0.4, -0.2) is 12.1 Å². The molecule has 2 nitrogen and oxygen atoms in total. The number of benzene rings is 1. The molecular formula is C14H9F6NO. The smallest absolute Gasteiger partial charge is 0.416 e. The SMILES string of the molecule is COc1ccnc(-c2cc(C(F)(F)F)cc(C(F)(F)F)c2)c1. The van der Waals surface area contributed by atoms with E-state index in [4.69, 9.17) is 4.74 Å². The maximum Gasteiger partial charge on any atom is 0.416 e. The van der Waals surface area contributed by atoms with Crippen LogP contribution in [0.25, 0.3) is 11.3 Å². The summed E-state index contributed by atoms with van der Waals surface area (Å²) < 4.78 is 81.6. The third-order valence-corrected chi connectivity index (χ3v) is 2.85. The van der Waals surface area contributed by atoms with Crippen molar-refractivity contribution in [1.82, 2.24) is 4.98 Å². The van der Waals surface area contributed by atoms with Crippen molar-refractivity contribution in [1.29, 1.82) is 0 Å². The third kappa shape index (κ3) is 3.49. The summed E-state index contributed by atoms with van der Waals surface area (Å²) in [6, 6.07) is 4.01. The molecule has 0 spiro atoms. The lowest BCUT2D eigenvalue weighted by Crippen LogP contribution is -2.11. The fourth-order valence-corrected chi connectivity index (χ4v) is 1.80. The Morgan fingerprint density at radius 2 is 1.41 bits per heavy atom. The van der Waals surface area contributed by atoms with Crippen LogP contribution in [0.3, 0.4) is 0 Å². The van der Waals surface area contributed by atoms with Crippen molar-refractivity contribution in [2.24, 2.45) is 0 Å². The quantitative estimate of drug-likeness (QED) is 0.742. The molecule has 8 heteroatoms. The van der Waals surface area contributed by atoms with Crippen LogP contribution in [0.4, 0.5) is 26.3 Å². The zero-order chi connectivity index (χ0) is 16.5. The predicted molar refractivity (Wildman–Crippen MR) is 66.2 cm³/mol. The number of hydrogen-bond acceptors (Lipinski definition) is 2. The van der Waals surface area contributed by atoms with Gasteiger partial charge in [0.05, 0.1) is 23.9 Å². The molecule has 0 amide bonds. The van der Waals surface area contributed by atoms with Crippen LogP contribution in [-0.2, 0) is 12.4 Å². The number of pyridine rings is 1. The minimum Gasteiger partial charge on any atom is -0.497 e. The Morgan fingerprint density at radius 1 is 0.864 bits per heavy atom. The molecule has 0 atom stereocenters. The van der Waals surface area contributed by atoms with Crippen molar-refractivity contribution >= 4 is 0 Å². The van der Waals surface area contributed by atoms with E-state index in [0.717, 1.165) is 0 Å². The molecular weight excluding hydrogens is 312 g/mol. The van der Waals surface area contributed by atoms with E-state index in [2.05, 4.69) is 4.98 Å². The summed E-state index contributed by atoms with van der Waals surface area (Å²) >= 11 is 0. The molecule has 1 aromatic carbocycles. The van der Waals surface area contributed by atoms with Crippen molar-refractivity contribution in [3.8, 4) is 17.0 Å². The van der Waals surface area contributed by atoms with Crippen LogP contribution in [0.5, 0.6) is 5.75 Å². The highest BCUT2D eigenvalue weighted by molar-refractivity contribution is 5.63. The van der Waals surface area contributed by atoms with Gasteiger partial charge >= 0.3 is 12.4 Å². The van der Waals surface area contributed by atoms with E-state index in [1.54, 1.807) is 0 Å². The maximum absolute atomic E-state index is 12.8. The molecule has 0 unspecified atom stereocenters. The van der Waals surface area contributed by atoms with Gasteiger partial charge in [-0.2, -0.15) is 26.3 Å². The first kappa shape index (κ1) is 16.1. The van der Waals surface area contributed by atoms with Crippen LogP contribution in [0.1, 0.15) is 11.1 Å². The molecule has 0 radical (unpaired) electrons. The van der Waals surface area contributed by atoms with Gasteiger partial charge in [-0.1, -0.05) is 0 Å². The largest absolute Gasteiger partial charge is 0.497 e. The molecule has 0 aliphatic carbocycles. The number of hydrogen-bond donors (Lipinski definition) is 0. The lowest BCUT2D eigenvalue weighted by molar-refractivity contribution is -0.143. The molecule has 0 N–H and O–H groups in total. The topological polar surface area (TPSA) is 22.1 Å². The standard InChI is InChI=1S/C14H9F6NO/c1-22-11-2-3-21-12(7-11)8-4-9(13(15,16)17)6-10(5-8)14(18,19)20/h2-7H,1H3. The van der Waals surface area contributed by atoms with Crippen LogP contribution in [0.2, 0.25) is 0 Å². The Labute approximate surface area is 121 Å². The molecule has 2 aromatic rings. The highest BCUT2D eigenvalue weighted by atomic mass is 19.4. The van der Waals surface area contributed by atoms with Gasteiger partial charge in [-0.25, -0.2) is 0 Å². The van der Waals surface area contributed by atoms with Gasteiger partial charge in [-0.15, -0.1) is 0 Å². The van der Waals surface area contributed by atoms with E-state index in [1.807, 2.05) is 0 Å². The Hall–Kier alpha value is -2.25. The molecule has 0 aliphatic heterocycles. The van der Waals surface area contributed by atoms with E-state index in [0.29, 0.717) is 12.1 Å². The second-order valence-corrected chi connectivity index (χ2v) is 4.38. The number of aromatic nitrogens is 1. The van der Waals surface area contributed by atoms with Gasteiger partial charge in [0.2, 0.25) is 0 Å². The van der Waals surface area contributed by atoms with Gasteiger partial charge in [-0.05, 0) is 24.3 Å². The van der Waals surface area contributed by atoms with E-state index in [-0.39, 0.29) is 23.1 Å². The zero-order valence-corrected chi connectivity index (χ0v) is 11.1. The molecule has 0 fully saturated rings. The number of halogens is 6. The Kier molecular flexibility index (Phi) is 4.04. The molecule has 22 heavy (non-hydrogen) atoms. The van der Waals surface area contributed by atoms with E-state index in [9.17, 15) is 26.3 Å². The van der Waals surface area contributed by atoms with E-state index >= 15 is 0 Å². The van der Waals surface area contributed by atoms with Gasteiger partial charge < -0.3 is 4.74 Å². The first-order valence-electron chi connectivity index (χ1n) is 5.91. The van der Waals surface area contributed by atoms with Crippen molar-refractivity contribution in [2.75, 3.05) is 7.11 Å². The molecule has 0 aliphatic rings. The van der Waals surface area contributed by atoms with E-state index < -0.39 is 23.5 Å². The fraction of sp³-hybridized carbons (Fsp3) is 0.214. The normalized spacial score (nSPS) is 12.3. The van der Waals surface area contributed by atoms with Gasteiger partial charge in [-0.3, -0.25) is 4.98 Å². The van der Waals surface area contributed by atoms with Gasteiger partial charge in [0.25, 0.3) is 0 Å². The second kappa shape index (κ2) is 5.51. The summed E-state index contributed by atoms with van der Waals surface area (Å²) in [6.45, 7) is 0. The summed E-state index contributed by atoms with van der Waals surface area (Å²) in [4.78, 5) is 3.79. The molecule has 0 saturated heterocycles. The van der Waals surface area contributed by atoms with Crippen molar-refractivity contribution in [2.45, 2.75) is 12.4 Å². The molecule has 0 bridgehead atoms. The molecule has 118 valence electrons. The first-order chi connectivity index (χ1) is 10.1.